The van der Waals surface area contributed by atoms with E-state index >= 15 is 0 Å². The van der Waals surface area contributed by atoms with Gasteiger partial charge in [0.05, 0.1) is 12.0 Å². The van der Waals surface area contributed by atoms with E-state index in [1.165, 1.54) is 0 Å². The summed E-state index contributed by atoms with van der Waals surface area (Å²) in [4.78, 5) is 4.18. The van der Waals surface area contributed by atoms with E-state index in [9.17, 15) is 22.0 Å². The first kappa shape index (κ1) is 16.8. The van der Waals surface area contributed by atoms with Gasteiger partial charge in [0.2, 0.25) is 0 Å². The maximum Gasteiger partial charge on any atom is 0.406 e. The van der Waals surface area contributed by atoms with Crippen LogP contribution in [0.3, 0.4) is 0 Å². The van der Waals surface area contributed by atoms with Gasteiger partial charge in [-0.15, -0.1) is 0 Å². The highest BCUT2D eigenvalue weighted by Crippen LogP contribution is 2.35. The number of halogens is 5. The van der Waals surface area contributed by atoms with Gasteiger partial charge in [-0.05, 0) is 18.1 Å². The van der Waals surface area contributed by atoms with E-state index in [1.807, 2.05) is 0 Å². The Balaban J connectivity index is 2.40. The van der Waals surface area contributed by atoms with Gasteiger partial charge in [-0.2, -0.15) is 13.2 Å². The van der Waals surface area contributed by atoms with Crippen LogP contribution in [0.1, 0.15) is 25.5 Å². The van der Waals surface area contributed by atoms with Crippen molar-refractivity contribution < 1.29 is 22.0 Å². The van der Waals surface area contributed by atoms with Crippen LogP contribution in [0.2, 0.25) is 0 Å². The monoisotopic (exact) mass is 336 g/mol. The first-order valence-electron chi connectivity index (χ1n) is 6.41. The predicted molar refractivity (Wildman–Crippen MR) is 72.9 cm³/mol. The highest BCUT2D eigenvalue weighted by atomic mass is 32.2. The van der Waals surface area contributed by atoms with Gasteiger partial charge in [0.25, 0.3) is 0 Å². The maximum atomic E-state index is 13.2. The molecular formula is C14H13F5N2S. The fourth-order valence-electron chi connectivity index (χ4n) is 1.90. The molecule has 0 saturated heterocycles. The molecular weight excluding hydrogens is 323 g/mol. The maximum absolute atomic E-state index is 13.2. The molecule has 0 aliphatic heterocycles. The summed E-state index contributed by atoms with van der Waals surface area (Å²) in [6, 6.07) is 2.85. The van der Waals surface area contributed by atoms with Crippen molar-refractivity contribution in [2.45, 2.75) is 42.4 Å². The van der Waals surface area contributed by atoms with Crippen LogP contribution in [0.15, 0.2) is 34.4 Å². The Morgan fingerprint density at radius 1 is 1.14 bits per heavy atom. The number of nitrogens with zero attached hydrogens (tertiary/aromatic N) is 2. The number of alkyl halides is 3. The van der Waals surface area contributed by atoms with Crippen LogP contribution in [0.4, 0.5) is 22.0 Å². The largest absolute Gasteiger partial charge is 0.406 e. The Morgan fingerprint density at radius 3 is 2.23 bits per heavy atom. The molecule has 0 fully saturated rings. The molecule has 0 aliphatic carbocycles. The third-order valence-electron chi connectivity index (χ3n) is 2.76. The summed E-state index contributed by atoms with van der Waals surface area (Å²) >= 11 is 0.865. The van der Waals surface area contributed by atoms with E-state index in [0.29, 0.717) is 11.8 Å². The minimum absolute atomic E-state index is 0.115. The molecule has 8 heteroatoms. The second-order valence-electron chi connectivity index (χ2n) is 5.04. The zero-order valence-electron chi connectivity index (χ0n) is 11.8. The predicted octanol–water partition coefficient (Wildman–Crippen LogP) is 5.00. The number of hydrogen-bond donors (Lipinski definition) is 0. The highest BCUT2D eigenvalue weighted by molar-refractivity contribution is 7.99. The van der Waals surface area contributed by atoms with Crippen molar-refractivity contribution in [2.75, 3.05) is 0 Å². The topological polar surface area (TPSA) is 17.8 Å². The van der Waals surface area contributed by atoms with Crippen LogP contribution < -0.4 is 0 Å². The average molecular weight is 336 g/mol. The van der Waals surface area contributed by atoms with Crippen LogP contribution in [-0.4, -0.2) is 15.7 Å². The molecule has 0 atom stereocenters. The molecule has 0 unspecified atom stereocenters. The molecule has 2 aromatic rings. The molecule has 1 aromatic carbocycles. The summed E-state index contributed by atoms with van der Waals surface area (Å²) in [6.45, 7) is 2.37. The van der Waals surface area contributed by atoms with Gasteiger partial charge >= 0.3 is 6.18 Å². The van der Waals surface area contributed by atoms with Gasteiger partial charge in [-0.1, -0.05) is 25.6 Å². The first-order valence-corrected chi connectivity index (χ1v) is 7.23. The minimum atomic E-state index is -4.41. The number of benzene rings is 1. The fourth-order valence-corrected chi connectivity index (χ4v) is 3.09. The lowest BCUT2D eigenvalue weighted by atomic mass is 10.1. The van der Waals surface area contributed by atoms with Crippen LogP contribution in [0, 0.1) is 11.6 Å². The zero-order valence-corrected chi connectivity index (χ0v) is 12.6. The number of aromatic nitrogens is 2. The molecule has 0 N–H and O–H groups in total. The normalized spacial score (nSPS) is 12.2. The van der Waals surface area contributed by atoms with Crippen LogP contribution in [0.25, 0.3) is 0 Å². The second kappa shape index (κ2) is 6.28. The van der Waals surface area contributed by atoms with Gasteiger partial charge in [-0.3, -0.25) is 0 Å². The SMILES string of the molecule is CC(C)c1ncn(CC(F)(F)F)c1Sc1cc(F)cc(F)c1. The summed E-state index contributed by atoms with van der Waals surface area (Å²) in [6.07, 6.45) is -3.31. The number of hydrogen-bond acceptors (Lipinski definition) is 2. The Labute approximate surface area is 128 Å². The summed E-state index contributed by atoms with van der Waals surface area (Å²) < 4.78 is 65.3. The molecule has 0 bridgehead atoms. The molecule has 22 heavy (non-hydrogen) atoms. The molecule has 0 saturated carbocycles. The Kier molecular flexibility index (Phi) is 4.79. The Morgan fingerprint density at radius 2 is 1.73 bits per heavy atom. The lowest BCUT2D eigenvalue weighted by Gasteiger charge is -2.13. The third-order valence-corrected chi connectivity index (χ3v) is 3.87. The third kappa shape index (κ3) is 4.22. The van der Waals surface area contributed by atoms with Gasteiger partial charge < -0.3 is 4.57 Å². The fraction of sp³-hybridized carbons (Fsp3) is 0.357. The van der Waals surface area contributed by atoms with E-state index in [2.05, 4.69) is 4.98 Å². The van der Waals surface area contributed by atoms with Gasteiger partial charge in [0.15, 0.2) is 0 Å². The summed E-state index contributed by atoms with van der Waals surface area (Å²) in [5, 5.41) is 0.234. The van der Waals surface area contributed by atoms with Crippen molar-refractivity contribution in [2.24, 2.45) is 0 Å². The van der Waals surface area contributed by atoms with Crippen LogP contribution in [0.5, 0.6) is 0 Å². The van der Waals surface area contributed by atoms with Crippen LogP contribution >= 0.6 is 11.8 Å². The quantitative estimate of drug-likeness (QED) is 0.732. The van der Waals surface area contributed by atoms with E-state index < -0.39 is 24.4 Å². The summed E-state index contributed by atoms with van der Waals surface area (Å²) in [5.74, 6) is -1.68. The van der Waals surface area contributed by atoms with Crippen molar-refractivity contribution >= 4 is 11.8 Å². The number of rotatable bonds is 4. The molecule has 0 amide bonds. The highest BCUT2D eigenvalue weighted by Gasteiger charge is 2.30. The zero-order chi connectivity index (χ0) is 16.5. The molecule has 0 spiro atoms. The Bertz CT molecular complexity index is 643. The van der Waals surface area contributed by atoms with E-state index in [4.69, 9.17) is 0 Å². The minimum Gasteiger partial charge on any atom is -0.316 e. The van der Waals surface area contributed by atoms with Crippen LogP contribution in [-0.2, 0) is 6.54 Å². The molecule has 1 aromatic heterocycles. The first-order chi connectivity index (χ1) is 10.2. The lowest BCUT2D eigenvalue weighted by Crippen LogP contribution is -2.17. The van der Waals surface area contributed by atoms with Crippen molar-refractivity contribution in [1.29, 1.82) is 0 Å². The lowest BCUT2D eigenvalue weighted by molar-refractivity contribution is -0.141. The molecule has 2 rings (SSSR count). The van der Waals surface area contributed by atoms with Crippen molar-refractivity contribution in [3.8, 4) is 0 Å². The van der Waals surface area contributed by atoms with E-state index in [1.54, 1.807) is 13.8 Å². The van der Waals surface area contributed by atoms with Crippen molar-refractivity contribution in [3.63, 3.8) is 0 Å². The van der Waals surface area contributed by atoms with Gasteiger partial charge in [0, 0.05) is 11.0 Å². The molecule has 1 heterocycles. The van der Waals surface area contributed by atoms with Gasteiger partial charge in [-0.25, -0.2) is 13.8 Å². The molecule has 2 nitrogen and oxygen atoms in total. The molecule has 0 radical (unpaired) electrons. The van der Waals surface area contributed by atoms with E-state index in [0.717, 1.165) is 34.8 Å². The van der Waals surface area contributed by atoms with Gasteiger partial charge in [0.1, 0.15) is 23.2 Å². The smallest absolute Gasteiger partial charge is 0.316 e. The molecule has 120 valence electrons. The average Bonchev–Trinajstić information content (AvgIpc) is 2.68. The van der Waals surface area contributed by atoms with Crippen molar-refractivity contribution in [1.82, 2.24) is 9.55 Å². The Hall–Kier alpha value is -1.57. The molecule has 0 aliphatic rings. The van der Waals surface area contributed by atoms with E-state index in [-0.39, 0.29) is 15.8 Å². The second-order valence-corrected chi connectivity index (χ2v) is 6.10. The number of imidazole rings is 1. The van der Waals surface area contributed by atoms with Crippen molar-refractivity contribution in [3.05, 3.63) is 41.9 Å². The summed E-state index contributed by atoms with van der Waals surface area (Å²) in [5.41, 5.74) is 0.457. The summed E-state index contributed by atoms with van der Waals surface area (Å²) in [7, 11) is 0. The standard InChI is InChI=1S/C14H13F5N2S/c1-8(2)12-13(21(7-20-12)6-14(17,18)19)22-11-4-9(15)3-10(16)5-11/h3-5,7-8H,6H2,1-2H3.